The average molecular weight is 371 g/mol. The molecule has 0 atom stereocenters. The first-order chi connectivity index (χ1) is 12.5. The lowest BCUT2D eigenvalue weighted by Gasteiger charge is -2.04. The van der Waals surface area contributed by atoms with Crippen LogP contribution >= 0.6 is 11.8 Å². The molecule has 1 amide bonds. The molecule has 2 rings (SSSR count). The summed E-state index contributed by atoms with van der Waals surface area (Å²) in [5, 5.41) is 14.7. The normalized spacial score (nSPS) is 11.2. The smallest absolute Gasteiger partial charge is 0.269 e. The summed E-state index contributed by atoms with van der Waals surface area (Å²) in [5.74, 6) is 0.741. The summed E-state index contributed by atoms with van der Waals surface area (Å²) in [6, 6.07) is 16.5. The van der Waals surface area contributed by atoms with Crippen LogP contribution in [0.2, 0.25) is 0 Å². The molecule has 2 aromatic carbocycles. The number of nitrogens with zero attached hydrogens (tertiary/aromatic N) is 2. The van der Waals surface area contributed by atoms with Gasteiger partial charge < -0.3 is 0 Å². The highest BCUT2D eigenvalue weighted by Gasteiger charge is 2.05. The van der Waals surface area contributed by atoms with Gasteiger partial charge in [-0.15, -0.1) is 11.8 Å². The molecule has 0 fully saturated rings. The first-order valence-electron chi connectivity index (χ1n) is 8.21. The van der Waals surface area contributed by atoms with Crippen LogP contribution in [0, 0.1) is 10.1 Å². The average Bonchev–Trinajstić information content (AvgIpc) is 2.66. The van der Waals surface area contributed by atoms with E-state index in [1.165, 1.54) is 29.5 Å². The zero-order chi connectivity index (χ0) is 18.8. The molecule has 0 unspecified atom stereocenters. The van der Waals surface area contributed by atoms with Crippen molar-refractivity contribution >= 4 is 29.1 Å². The molecule has 26 heavy (non-hydrogen) atoms. The first kappa shape index (κ1) is 19.7. The van der Waals surface area contributed by atoms with Gasteiger partial charge in [0.05, 0.1) is 10.7 Å². The largest absolute Gasteiger partial charge is 0.272 e. The summed E-state index contributed by atoms with van der Waals surface area (Å²) in [5.41, 5.74) is 5.70. The minimum absolute atomic E-state index is 0.0665. The van der Waals surface area contributed by atoms with Gasteiger partial charge in [0, 0.05) is 23.6 Å². The predicted molar refractivity (Wildman–Crippen MR) is 105 cm³/mol. The summed E-state index contributed by atoms with van der Waals surface area (Å²) < 4.78 is 0. The number of hydrazone groups is 1. The van der Waals surface area contributed by atoms with E-state index in [9.17, 15) is 14.9 Å². The van der Waals surface area contributed by atoms with Gasteiger partial charge >= 0.3 is 0 Å². The summed E-state index contributed by atoms with van der Waals surface area (Å²) >= 11 is 1.44. The number of thioether (sulfide) groups is 1. The first-order valence-corrected chi connectivity index (χ1v) is 9.37. The van der Waals surface area contributed by atoms with Crippen LogP contribution in [0.15, 0.2) is 59.7 Å². The Balaban J connectivity index is 1.67. The molecular weight excluding hydrogens is 350 g/mol. The molecule has 7 heteroatoms. The molecular formula is C19H21N3O3S. The maximum atomic E-state index is 11.8. The molecule has 0 bridgehead atoms. The number of amides is 1. The zero-order valence-corrected chi connectivity index (χ0v) is 15.4. The number of non-ortho nitro benzene ring substituents is 1. The molecule has 0 aliphatic carbocycles. The third kappa shape index (κ3) is 7.06. The van der Waals surface area contributed by atoms with Gasteiger partial charge in [0.25, 0.3) is 5.69 Å². The number of hydrogen-bond donors (Lipinski definition) is 1. The van der Waals surface area contributed by atoms with Crippen molar-refractivity contribution in [1.29, 1.82) is 0 Å². The minimum Gasteiger partial charge on any atom is -0.272 e. The second kappa shape index (κ2) is 10.4. The standard InChI is InChI=1S/C19H21N3O3S/c1-15(7-8-16-5-3-2-4-6-16)20-21-19(23)14-26-13-17-9-11-18(12-10-17)22(24)25/h2-6,9-12H,7-8,13-14H2,1H3,(H,21,23)/b20-15-. The minimum atomic E-state index is -0.428. The lowest BCUT2D eigenvalue weighted by atomic mass is 10.1. The Hall–Kier alpha value is -2.67. The van der Waals surface area contributed by atoms with Gasteiger partial charge in [0.1, 0.15) is 0 Å². The highest BCUT2D eigenvalue weighted by atomic mass is 32.2. The Morgan fingerprint density at radius 2 is 1.81 bits per heavy atom. The second-order valence-electron chi connectivity index (χ2n) is 5.78. The molecule has 0 aliphatic rings. The van der Waals surface area contributed by atoms with Gasteiger partial charge in [0.2, 0.25) is 5.91 Å². The summed E-state index contributed by atoms with van der Waals surface area (Å²) in [4.78, 5) is 22.0. The van der Waals surface area contributed by atoms with E-state index < -0.39 is 4.92 Å². The molecule has 0 aromatic heterocycles. The molecule has 2 aromatic rings. The van der Waals surface area contributed by atoms with Crippen molar-refractivity contribution in [3.63, 3.8) is 0 Å². The summed E-state index contributed by atoms with van der Waals surface area (Å²) in [7, 11) is 0. The molecule has 1 N–H and O–H groups in total. The topological polar surface area (TPSA) is 84.6 Å². The number of rotatable bonds is 9. The van der Waals surface area contributed by atoms with Crippen molar-refractivity contribution in [3.05, 3.63) is 75.8 Å². The highest BCUT2D eigenvalue weighted by Crippen LogP contribution is 2.16. The monoisotopic (exact) mass is 371 g/mol. The molecule has 0 spiro atoms. The Morgan fingerprint density at radius 3 is 2.46 bits per heavy atom. The summed E-state index contributed by atoms with van der Waals surface area (Å²) in [6.45, 7) is 1.90. The number of benzene rings is 2. The van der Waals surface area contributed by atoms with Gasteiger partial charge in [-0.25, -0.2) is 5.43 Å². The van der Waals surface area contributed by atoms with Crippen molar-refractivity contribution in [2.75, 3.05) is 5.75 Å². The van der Waals surface area contributed by atoms with Crippen LogP contribution in [0.3, 0.4) is 0 Å². The van der Waals surface area contributed by atoms with E-state index in [4.69, 9.17) is 0 Å². The van der Waals surface area contributed by atoms with Gasteiger partial charge in [-0.2, -0.15) is 5.10 Å². The van der Waals surface area contributed by atoms with Crippen molar-refractivity contribution in [2.24, 2.45) is 5.10 Å². The number of nitro groups is 1. The van der Waals surface area contributed by atoms with Gasteiger partial charge in [-0.1, -0.05) is 42.5 Å². The van der Waals surface area contributed by atoms with Crippen molar-refractivity contribution in [2.45, 2.75) is 25.5 Å². The third-order valence-electron chi connectivity index (χ3n) is 3.64. The van der Waals surface area contributed by atoms with Crippen LogP contribution in [0.4, 0.5) is 5.69 Å². The van der Waals surface area contributed by atoms with Gasteiger partial charge in [-0.05, 0) is 30.9 Å². The number of nitrogens with one attached hydrogen (secondary N) is 1. The van der Waals surface area contributed by atoms with E-state index in [-0.39, 0.29) is 17.3 Å². The Kier molecular flexibility index (Phi) is 7.82. The maximum absolute atomic E-state index is 11.8. The Morgan fingerprint density at radius 1 is 1.12 bits per heavy atom. The van der Waals surface area contributed by atoms with E-state index in [2.05, 4.69) is 22.7 Å². The van der Waals surface area contributed by atoms with Gasteiger partial charge in [0.15, 0.2) is 0 Å². The number of carbonyl (C=O) groups is 1. The van der Waals surface area contributed by atoms with Crippen LogP contribution in [0.1, 0.15) is 24.5 Å². The number of nitro benzene ring substituents is 1. The molecule has 0 radical (unpaired) electrons. The second-order valence-corrected chi connectivity index (χ2v) is 6.77. The molecule has 0 heterocycles. The van der Waals surface area contributed by atoms with E-state index in [1.54, 1.807) is 12.1 Å². The van der Waals surface area contributed by atoms with Crippen LogP contribution in [-0.4, -0.2) is 22.3 Å². The van der Waals surface area contributed by atoms with E-state index in [0.717, 1.165) is 24.1 Å². The lowest BCUT2D eigenvalue weighted by Crippen LogP contribution is -2.21. The predicted octanol–water partition coefficient (Wildman–Crippen LogP) is 3.95. The molecule has 0 saturated heterocycles. The fourth-order valence-electron chi connectivity index (χ4n) is 2.19. The molecule has 6 nitrogen and oxygen atoms in total. The molecule has 136 valence electrons. The molecule has 0 saturated carbocycles. The molecule has 0 aliphatic heterocycles. The maximum Gasteiger partial charge on any atom is 0.269 e. The Labute approximate surface area is 156 Å². The van der Waals surface area contributed by atoms with Gasteiger partial charge in [-0.3, -0.25) is 14.9 Å². The van der Waals surface area contributed by atoms with E-state index in [0.29, 0.717) is 5.75 Å². The Bertz CT molecular complexity index is 761. The van der Waals surface area contributed by atoms with Crippen LogP contribution < -0.4 is 5.43 Å². The third-order valence-corrected chi connectivity index (χ3v) is 4.64. The van der Waals surface area contributed by atoms with Crippen LogP contribution in [-0.2, 0) is 17.0 Å². The van der Waals surface area contributed by atoms with Crippen LogP contribution in [0.25, 0.3) is 0 Å². The quantitative estimate of drug-likeness (QED) is 0.411. The highest BCUT2D eigenvalue weighted by molar-refractivity contribution is 7.99. The number of carbonyl (C=O) groups excluding carboxylic acids is 1. The van der Waals surface area contributed by atoms with Crippen LogP contribution in [0.5, 0.6) is 0 Å². The fraction of sp³-hybridized carbons (Fsp3) is 0.263. The van der Waals surface area contributed by atoms with Crippen molar-refractivity contribution in [1.82, 2.24) is 5.43 Å². The SMILES string of the molecule is C/C(CCc1ccccc1)=N/NC(=O)CSCc1ccc([N+](=O)[O-])cc1. The zero-order valence-electron chi connectivity index (χ0n) is 14.6. The number of hydrogen-bond acceptors (Lipinski definition) is 5. The van der Waals surface area contributed by atoms with E-state index >= 15 is 0 Å². The summed E-state index contributed by atoms with van der Waals surface area (Å²) in [6.07, 6.45) is 1.68. The van der Waals surface area contributed by atoms with E-state index in [1.807, 2.05) is 25.1 Å². The number of aryl methyl sites for hydroxylation is 1. The lowest BCUT2D eigenvalue weighted by molar-refractivity contribution is -0.384. The fourth-order valence-corrected chi connectivity index (χ4v) is 2.97. The van der Waals surface area contributed by atoms with Crippen molar-refractivity contribution in [3.8, 4) is 0 Å². The van der Waals surface area contributed by atoms with Crippen molar-refractivity contribution < 1.29 is 9.72 Å².